The van der Waals surface area contributed by atoms with Crippen LogP contribution in [-0.4, -0.2) is 37.2 Å². The molecule has 0 aromatic rings. The number of allylic oxidation sites excluding steroid dienone is 11. The molecule has 0 aromatic carbocycles. The summed E-state index contributed by atoms with van der Waals surface area (Å²) in [5.74, 6) is -1.03. The van der Waals surface area contributed by atoms with E-state index in [-0.39, 0.29) is 31.6 Å². The van der Waals surface area contributed by atoms with Crippen LogP contribution in [0.2, 0.25) is 0 Å². The van der Waals surface area contributed by atoms with Crippen LogP contribution in [0.15, 0.2) is 72.9 Å². The third-order valence-corrected chi connectivity index (χ3v) is 13.5. The van der Waals surface area contributed by atoms with E-state index >= 15 is 0 Å². The van der Waals surface area contributed by atoms with E-state index in [0.29, 0.717) is 12.8 Å². The van der Waals surface area contributed by atoms with Gasteiger partial charge in [-0.1, -0.05) is 293 Å². The Morgan fingerprint density at radius 2 is 0.583 bits per heavy atom. The number of esters is 3. The van der Waals surface area contributed by atoms with Crippen LogP contribution in [0.3, 0.4) is 0 Å². The molecule has 1 unspecified atom stereocenters. The van der Waals surface area contributed by atoms with Crippen LogP contribution in [-0.2, 0) is 28.6 Å². The molecule has 0 aliphatic rings. The van der Waals surface area contributed by atoms with Crippen LogP contribution >= 0.6 is 0 Å². The summed E-state index contributed by atoms with van der Waals surface area (Å²) < 4.78 is 16.7. The van der Waals surface area contributed by atoms with Crippen LogP contribution < -0.4 is 0 Å². The zero-order valence-corrected chi connectivity index (χ0v) is 47.7. The zero-order valence-electron chi connectivity index (χ0n) is 47.7. The average Bonchev–Trinajstić information content (AvgIpc) is 3.38. The van der Waals surface area contributed by atoms with Crippen molar-refractivity contribution in [3.63, 3.8) is 0 Å². The van der Waals surface area contributed by atoms with Crippen molar-refractivity contribution < 1.29 is 28.6 Å². The summed E-state index contributed by atoms with van der Waals surface area (Å²) in [4.78, 5) is 38.0. The maximum atomic E-state index is 12.8. The summed E-state index contributed by atoms with van der Waals surface area (Å²) in [5.41, 5.74) is 0. The van der Waals surface area contributed by atoms with E-state index in [9.17, 15) is 14.4 Å². The van der Waals surface area contributed by atoms with Crippen LogP contribution in [0.5, 0.6) is 0 Å². The average molecular weight is 1010 g/mol. The van der Waals surface area contributed by atoms with Gasteiger partial charge in [-0.2, -0.15) is 0 Å². The van der Waals surface area contributed by atoms with Crippen molar-refractivity contribution in [3.8, 4) is 0 Å². The molecule has 0 aromatic heterocycles. The molecule has 0 rings (SSSR count). The summed E-state index contributed by atoms with van der Waals surface area (Å²) >= 11 is 0. The van der Waals surface area contributed by atoms with E-state index in [1.54, 1.807) is 6.08 Å². The minimum absolute atomic E-state index is 0.100. The molecular weight excluding hydrogens is 889 g/mol. The lowest BCUT2D eigenvalue weighted by atomic mass is 10.0. The molecule has 0 amide bonds. The smallest absolute Gasteiger partial charge is 0.310 e. The number of unbranched alkanes of at least 4 members (excludes halogenated alkanes) is 34. The highest BCUT2D eigenvalue weighted by Crippen LogP contribution is 2.17. The molecule has 6 nitrogen and oxygen atoms in total. The SMILES string of the molecule is CC/C=C\C/C=C\C/C=C\C/C=C\C/C=C\CC(=O)OC(COC(=O)CCCCCCCCCCCC)COC(=O)CCCCCCCCCCCCCCCCCCC/C=C\CCCCCCCCCC. The van der Waals surface area contributed by atoms with E-state index in [0.717, 1.165) is 70.6 Å². The molecule has 416 valence electrons. The molecule has 1 atom stereocenters. The summed E-state index contributed by atoms with van der Waals surface area (Å²) in [5, 5.41) is 0. The van der Waals surface area contributed by atoms with E-state index < -0.39 is 12.1 Å². The zero-order chi connectivity index (χ0) is 52.2. The molecule has 0 fully saturated rings. The Morgan fingerprint density at radius 1 is 0.306 bits per heavy atom. The molecular formula is C66H116O6. The van der Waals surface area contributed by atoms with Gasteiger partial charge < -0.3 is 14.2 Å². The quantitative estimate of drug-likeness (QED) is 0.0261. The first-order valence-corrected chi connectivity index (χ1v) is 30.9. The minimum atomic E-state index is -0.826. The molecule has 6 heteroatoms. The van der Waals surface area contributed by atoms with E-state index in [1.807, 2.05) is 6.08 Å². The fourth-order valence-electron chi connectivity index (χ4n) is 8.87. The Kier molecular flexibility index (Phi) is 57.8. The van der Waals surface area contributed by atoms with Gasteiger partial charge in [0, 0.05) is 12.8 Å². The maximum Gasteiger partial charge on any atom is 0.310 e. The van der Waals surface area contributed by atoms with Gasteiger partial charge >= 0.3 is 17.9 Å². The highest BCUT2D eigenvalue weighted by molar-refractivity contribution is 5.72. The van der Waals surface area contributed by atoms with Gasteiger partial charge in [0.1, 0.15) is 13.2 Å². The number of hydrogen-bond acceptors (Lipinski definition) is 6. The fourth-order valence-corrected chi connectivity index (χ4v) is 8.87. The third-order valence-electron chi connectivity index (χ3n) is 13.5. The Bertz CT molecular complexity index is 1340. The molecule has 0 N–H and O–H groups in total. The molecule has 0 aliphatic carbocycles. The Labute approximate surface area is 446 Å². The predicted molar refractivity (Wildman–Crippen MR) is 311 cm³/mol. The Balaban J connectivity index is 4.18. The summed E-state index contributed by atoms with van der Waals surface area (Å²) in [6, 6.07) is 0. The van der Waals surface area contributed by atoms with Crippen LogP contribution in [0, 0.1) is 0 Å². The van der Waals surface area contributed by atoms with Gasteiger partial charge in [0.05, 0.1) is 6.42 Å². The number of rotatable bonds is 56. The van der Waals surface area contributed by atoms with E-state index in [4.69, 9.17) is 14.2 Å². The molecule has 0 spiro atoms. The second-order valence-electron chi connectivity index (χ2n) is 20.6. The Morgan fingerprint density at radius 3 is 0.903 bits per heavy atom. The second-order valence-corrected chi connectivity index (χ2v) is 20.6. The molecule has 0 radical (unpaired) electrons. The van der Waals surface area contributed by atoms with E-state index in [2.05, 4.69) is 81.5 Å². The van der Waals surface area contributed by atoms with Gasteiger partial charge in [-0.25, -0.2) is 0 Å². The van der Waals surface area contributed by atoms with Crippen molar-refractivity contribution >= 4 is 17.9 Å². The van der Waals surface area contributed by atoms with Gasteiger partial charge in [-0.3, -0.25) is 14.4 Å². The lowest BCUT2D eigenvalue weighted by Gasteiger charge is -2.18. The first-order valence-electron chi connectivity index (χ1n) is 30.9. The van der Waals surface area contributed by atoms with Crippen LogP contribution in [0.1, 0.15) is 310 Å². The molecule has 0 bridgehead atoms. The van der Waals surface area contributed by atoms with Gasteiger partial charge in [-0.05, 0) is 70.6 Å². The van der Waals surface area contributed by atoms with Crippen molar-refractivity contribution in [1.82, 2.24) is 0 Å². The highest BCUT2D eigenvalue weighted by atomic mass is 16.6. The number of ether oxygens (including phenoxy) is 3. The molecule has 0 saturated heterocycles. The van der Waals surface area contributed by atoms with Crippen LogP contribution in [0.25, 0.3) is 0 Å². The first-order chi connectivity index (χ1) is 35.5. The largest absolute Gasteiger partial charge is 0.462 e. The molecule has 0 saturated carbocycles. The standard InChI is InChI=1S/C66H116O6/c1-4-7-10-13-16-19-22-24-26-27-28-29-30-31-32-33-34-35-36-37-38-39-41-42-44-47-50-53-56-59-65(68)71-62-63(61-70-64(67)58-55-52-49-46-21-18-15-12-9-6-3)72-66(69)60-57-54-51-48-45-43-40-25-23-20-17-14-11-8-5-2/h8,11,17,20,25,27-28,40,45,48,54,57,63H,4-7,9-10,12-16,18-19,21-24,26,29-39,41-44,46-47,49-53,55-56,58-62H2,1-3H3/b11-8-,20-17-,28-27-,40-25-,48-45-,57-54-. The number of hydrogen-bond donors (Lipinski definition) is 0. The summed E-state index contributed by atoms with van der Waals surface area (Å²) in [7, 11) is 0. The van der Waals surface area contributed by atoms with Gasteiger partial charge in [0.15, 0.2) is 6.10 Å². The van der Waals surface area contributed by atoms with Gasteiger partial charge in [0.25, 0.3) is 0 Å². The van der Waals surface area contributed by atoms with Crippen LogP contribution in [0.4, 0.5) is 0 Å². The monoisotopic (exact) mass is 1000 g/mol. The predicted octanol–water partition coefficient (Wildman–Crippen LogP) is 20.9. The molecule has 72 heavy (non-hydrogen) atoms. The molecule has 0 aliphatic heterocycles. The van der Waals surface area contributed by atoms with Crippen molar-refractivity contribution in [3.05, 3.63) is 72.9 Å². The number of carbonyl (C=O) groups excluding carboxylic acids is 3. The van der Waals surface area contributed by atoms with Gasteiger partial charge in [0.2, 0.25) is 0 Å². The molecule has 0 heterocycles. The van der Waals surface area contributed by atoms with Crippen molar-refractivity contribution in [2.45, 2.75) is 316 Å². The summed E-state index contributed by atoms with van der Waals surface area (Å²) in [6.07, 6.45) is 78.2. The fraction of sp³-hybridized carbons (Fsp3) is 0.773. The minimum Gasteiger partial charge on any atom is -0.462 e. The third kappa shape index (κ3) is 57.7. The second kappa shape index (κ2) is 60.4. The van der Waals surface area contributed by atoms with Crippen molar-refractivity contribution in [1.29, 1.82) is 0 Å². The number of carbonyl (C=O) groups is 3. The van der Waals surface area contributed by atoms with Crippen molar-refractivity contribution in [2.75, 3.05) is 13.2 Å². The summed E-state index contributed by atoms with van der Waals surface area (Å²) in [6.45, 7) is 6.45. The maximum absolute atomic E-state index is 12.8. The Hall–Kier alpha value is -3.15. The normalized spacial score (nSPS) is 12.5. The first kappa shape index (κ1) is 68.8. The topological polar surface area (TPSA) is 78.9 Å². The lowest BCUT2D eigenvalue weighted by Crippen LogP contribution is -2.30. The van der Waals surface area contributed by atoms with Crippen molar-refractivity contribution in [2.24, 2.45) is 0 Å². The van der Waals surface area contributed by atoms with Gasteiger partial charge in [-0.15, -0.1) is 0 Å². The lowest BCUT2D eigenvalue weighted by molar-refractivity contribution is -0.166. The highest BCUT2D eigenvalue weighted by Gasteiger charge is 2.19. The van der Waals surface area contributed by atoms with E-state index in [1.165, 1.54) is 199 Å².